The molecule has 1 amide bonds. The first-order valence-corrected chi connectivity index (χ1v) is 12.7. The number of aliphatic hydroxyl groups excluding tert-OH is 1. The molecule has 0 atom stereocenters. The van der Waals surface area contributed by atoms with Crippen LogP contribution in [0.15, 0.2) is 53.7 Å². The number of aliphatic hydroxyl groups is 1. The molecule has 1 aliphatic heterocycles. The van der Waals surface area contributed by atoms with Gasteiger partial charge in [0.05, 0.1) is 6.61 Å². The molecular weight excluding hydrogens is 487 g/mol. The number of anilines is 3. The molecule has 1 aliphatic carbocycles. The predicted octanol–water partition coefficient (Wildman–Crippen LogP) is 3.56. The van der Waals surface area contributed by atoms with Gasteiger partial charge in [0.25, 0.3) is 11.5 Å². The molecule has 0 saturated carbocycles. The number of amides is 1. The van der Waals surface area contributed by atoms with Crippen LogP contribution in [0.2, 0.25) is 0 Å². The SMILES string of the molecule is Cn1cc(-c2ccnc(N3CCn4c5c(c(F)c4C3=O)CCCC5)c2CO)cc(Nc2ccccn2)c1=O. The van der Waals surface area contributed by atoms with E-state index < -0.39 is 18.3 Å². The second kappa shape index (κ2) is 9.53. The summed E-state index contributed by atoms with van der Waals surface area (Å²) in [7, 11) is 1.64. The molecule has 0 unspecified atom stereocenters. The summed E-state index contributed by atoms with van der Waals surface area (Å²) >= 11 is 0. The number of halogens is 1. The van der Waals surface area contributed by atoms with Gasteiger partial charge in [-0.15, -0.1) is 0 Å². The Morgan fingerprint density at radius 2 is 1.92 bits per heavy atom. The number of aromatic nitrogens is 4. The molecule has 0 fully saturated rings. The van der Waals surface area contributed by atoms with Gasteiger partial charge in [-0.3, -0.25) is 14.5 Å². The lowest BCUT2D eigenvalue weighted by Crippen LogP contribution is -2.42. The van der Waals surface area contributed by atoms with Crippen molar-refractivity contribution in [2.45, 2.75) is 38.8 Å². The second-order valence-electron chi connectivity index (χ2n) is 9.62. The smallest absolute Gasteiger partial charge is 0.279 e. The molecule has 5 heterocycles. The minimum Gasteiger partial charge on any atom is -0.392 e. The first-order valence-electron chi connectivity index (χ1n) is 12.7. The fraction of sp³-hybridized carbons (Fsp3) is 0.286. The van der Waals surface area contributed by atoms with E-state index in [0.717, 1.165) is 25.0 Å². The van der Waals surface area contributed by atoms with Gasteiger partial charge in [0.1, 0.15) is 23.0 Å². The standard InChI is InChI=1S/C28H27FN6O3/c1-33-15-17(14-21(27(33)37)32-23-8-4-5-10-30-23)18-9-11-31-26(20(18)16-36)35-13-12-34-22-7-3-2-6-19(22)24(29)25(34)28(35)38/h4-5,8-11,14-15,36H,2-3,6-7,12-13,16H2,1H3,(H,30,32). The molecule has 0 saturated heterocycles. The Kier molecular flexibility index (Phi) is 6.03. The Labute approximate surface area is 218 Å². The number of hydrogen-bond donors (Lipinski definition) is 2. The van der Waals surface area contributed by atoms with Crippen LogP contribution in [0.25, 0.3) is 11.1 Å². The fourth-order valence-corrected chi connectivity index (χ4v) is 5.57. The summed E-state index contributed by atoms with van der Waals surface area (Å²) in [6.07, 6.45) is 8.18. The molecule has 0 aromatic carbocycles. The average Bonchev–Trinajstić information content (AvgIpc) is 3.24. The predicted molar refractivity (Wildman–Crippen MR) is 141 cm³/mol. The summed E-state index contributed by atoms with van der Waals surface area (Å²) in [6, 6.07) is 8.77. The van der Waals surface area contributed by atoms with Crippen molar-refractivity contribution >= 4 is 23.2 Å². The number of carbonyl (C=O) groups excluding carboxylic acids is 1. The highest BCUT2D eigenvalue weighted by Gasteiger charge is 2.36. The normalized spacial score (nSPS) is 14.8. The van der Waals surface area contributed by atoms with Gasteiger partial charge < -0.3 is 19.6 Å². The van der Waals surface area contributed by atoms with Gasteiger partial charge in [-0.2, -0.15) is 0 Å². The van der Waals surface area contributed by atoms with Gasteiger partial charge in [-0.1, -0.05) is 6.07 Å². The van der Waals surface area contributed by atoms with Crippen LogP contribution in [-0.2, 0) is 33.0 Å². The summed E-state index contributed by atoms with van der Waals surface area (Å²) in [5, 5.41) is 13.5. The second-order valence-corrected chi connectivity index (χ2v) is 9.62. The molecule has 2 N–H and O–H groups in total. The highest BCUT2D eigenvalue weighted by atomic mass is 19.1. The van der Waals surface area contributed by atoms with Gasteiger partial charge in [0.15, 0.2) is 5.82 Å². The lowest BCUT2D eigenvalue weighted by Gasteiger charge is -2.30. The lowest BCUT2D eigenvalue weighted by atomic mass is 9.97. The number of hydrogen-bond acceptors (Lipinski definition) is 6. The number of aryl methyl sites for hydroxylation is 1. The Bertz CT molecular complexity index is 1610. The molecule has 2 aliphatic rings. The van der Waals surface area contributed by atoms with E-state index in [0.29, 0.717) is 53.3 Å². The molecule has 0 bridgehead atoms. The highest BCUT2D eigenvalue weighted by Crippen LogP contribution is 2.36. The first-order chi connectivity index (χ1) is 18.5. The monoisotopic (exact) mass is 514 g/mol. The quantitative estimate of drug-likeness (QED) is 0.422. The average molecular weight is 515 g/mol. The van der Waals surface area contributed by atoms with Gasteiger partial charge in [-0.05, 0) is 55.5 Å². The minimum absolute atomic E-state index is 0.0724. The van der Waals surface area contributed by atoms with Crippen molar-refractivity contribution in [2.75, 3.05) is 16.8 Å². The first kappa shape index (κ1) is 24.1. The third-order valence-electron chi connectivity index (χ3n) is 7.37. The van der Waals surface area contributed by atoms with Crippen molar-refractivity contribution in [3.8, 4) is 11.1 Å². The molecule has 4 aromatic heterocycles. The van der Waals surface area contributed by atoms with Crippen molar-refractivity contribution in [1.29, 1.82) is 0 Å². The van der Waals surface area contributed by atoms with E-state index >= 15 is 4.39 Å². The third kappa shape index (κ3) is 3.88. The number of fused-ring (bicyclic) bond motifs is 3. The zero-order chi connectivity index (χ0) is 26.4. The van der Waals surface area contributed by atoms with Crippen LogP contribution >= 0.6 is 0 Å². The van der Waals surface area contributed by atoms with Crippen LogP contribution < -0.4 is 15.8 Å². The van der Waals surface area contributed by atoms with Crippen molar-refractivity contribution in [3.05, 3.63) is 87.6 Å². The van der Waals surface area contributed by atoms with Crippen LogP contribution in [0.3, 0.4) is 0 Å². The number of carbonyl (C=O) groups is 1. The number of rotatable bonds is 5. The zero-order valence-corrected chi connectivity index (χ0v) is 20.9. The Morgan fingerprint density at radius 1 is 1.08 bits per heavy atom. The van der Waals surface area contributed by atoms with Crippen LogP contribution in [-0.4, -0.2) is 36.7 Å². The largest absolute Gasteiger partial charge is 0.392 e. The molecule has 6 rings (SSSR count). The van der Waals surface area contributed by atoms with E-state index in [2.05, 4.69) is 15.3 Å². The van der Waals surface area contributed by atoms with Crippen LogP contribution in [0.5, 0.6) is 0 Å². The van der Waals surface area contributed by atoms with Crippen LogP contribution in [0.4, 0.5) is 21.7 Å². The van der Waals surface area contributed by atoms with E-state index in [4.69, 9.17) is 0 Å². The number of nitrogens with zero attached hydrogens (tertiary/aromatic N) is 5. The van der Waals surface area contributed by atoms with E-state index in [1.807, 2.05) is 10.6 Å². The molecular formula is C28H27FN6O3. The molecule has 10 heteroatoms. The van der Waals surface area contributed by atoms with E-state index in [1.54, 1.807) is 49.9 Å². The Balaban J connectivity index is 1.41. The topological polar surface area (TPSA) is 105 Å². The summed E-state index contributed by atoms with van der Waals surface area (Å²) in [4.78, 5) is 36.6. The molecule has 9 nitrogen and oxygen atoms in total. The van der Waals surface area contributed by atoms with Crippen LogP contribution in [0, 0.1) is 5.82 Å². The van der Waals surface area contributed by atoms with Gasteiger partial charge in [0, 0.05) is 61.1 Å². The molecule has 0 spiro atoms. The Hall–Kier alpha value is -4.31. The van der Waals surface area contributed by atoms with E-state index in [9.17, 15) is 14.7 Å². The fourth-order valence-electron chi connectivity index (χ4n) is 5.57. The zero-order valence-electron chi connectivity index (χ0n) is 20.9. The molecule has 38 heavy (non-hydrogen) atoms. The lowest BCUT2D eigenvalue weighted by molar-refractivity contribution is 0.0958. The van der Waals surface area contributed by atoms with Gasteiger partial charge in [-0.25, -0.2) is 14.4 Å². The summed E-state index contributed by atoms with van der Waals surface area (Å²) < 4.78 is 18.7. The Morgan fingerprint density at radius 3 is 2.71 bits per heavy atom. The molecule has 4 aromatic rings. The van der Waals surface area contributed by atoms with Gasteiger partial charge in [0.2, 0.25) is 0 Å². The summed E-state index contributed by atoms with van der Waals surface area (Å²) in [5.41, 5.74) is 3.41. The number of nitrogens with one attached hydrogen (secondary N) is 1. The maximum Gasteiger partial charge on any atom is 0.279 e. The van der Waals surface area contributed by atoms with Crippen molar-refractivity contribution in [1.82, 2.24) is 19.1 Å². The summed E-state index contributed by atoms with van der Waals surface area (Å²) in [5.74, 6) is -0.0843. The van der Waals surface area contributed by atoms with Crippen LogP contribution in [0.1, 0.15) is 40.2 Å². The minimum atomic E-state index is -0.458. The highest BCUT2D eigenvalue weighted by molar-refractivity contribution is 6.06. The summed E-state index contributed by atoms with van der Waals surface area (Å²) in [6.45, 7) is 0.381. The maximum atomic E-state index is 15.4. The molecule has 194 valence electrons. The number of pyridine rings is 3. The van der Waals surface area contributed by atoms with E-state index in [1.165, 1.54) is 9.47 Å². The van der Waals surface area contributed by atoms with Crippen molar-refractivity contribution in [3.63, 3.8) is 0 Å². The van der Waals surface area contributed by atoms with Gasteiger partial charge >= 0.3 is 0 Å². The molecule has 0 radical (unpaired) electrons. The maximum absolute atomic E-state index is 15.4. The third-order valence-corrected chi connectivity index (χ3v) is 7.37. The van der Waals surface area contributed by atoms with Crippen molar-refractivity contribution in [2.24, 2.45) is 7.05 Å². The van der Waals surface area contributed by atoms with E-state index in [-0.39, 0.29) is 17.1 Å². The van der Waals surface area contributed by atoms with Crippen molar-refractivity contribution < 1.29 is 14.3 Å².